The van der Waals surface area contributed by atoms with E-state index in [1.165, 1.54) is 6.07 Å². The number of nitrogens with one attached hydrogen (secondary N) is 2. The monoisotopic (exact) mass is 493 g/mol. The van der Waals surface area contributed by atoms with Gasteiger partial charge in [0.2, 0.25) is 15.9 Å². The third-order valence-corrected chi connectivity index (χ3v) is 7.91. The van der Waals surface area contributed by atoms with Gasteiger partial charge < -0.3 is 10.2 Å². The number of anilines is 1. The van der Waals surface area contributed by atoms with Crippen LogP contribution in [-0.4, -0.2) is 44.3 Å². The minimum absolute atomic E-state index is 0.124. The van der Waals surface area contributed by atoms with Crippen molar-refractivity contribution in [3.05, 3.63) is 71.8 Å². The van der Waals surface area contributed by atoms with Crippen molar-refractivity contribution < 1.29 is 18.0 Å². The summed E-state index contributed by atoms with van der Waals surface area (Å²) in [6.07, 6.45) is 2.47. The van der Waals surface area contributed by atoms with Crippen LogP contribution < -0.4 is 10.0 Å². The van der Waals surface area contributed by atoms with Crippen LogP contribution in [0, 0.1) is 6.92 Å². The summed E-state index contributed by atoms with van der Waals surface area (Å²) in [5.74, 6) is -0.174. The third-order valence-electron chi connectivity index (χ3n) is 6.33. The number of fused-ring (bicyclic) bond motifs is 1. The molecule has 2 N–H and O–H groups in total. The van der Waals surface area contributed by atoms with Crippen molar-refractivity contribution in [3.63, 3.8) is 0 Å². The molecule has 3 aromatic rings. The van der Waals surface area contributed by atoms with Gasteiger partial charge in [0.1, 0.15) is 0 Å². The van der Waals surface area contributed by atoms with Gasteiger partial charge in [-0.25, -0.2) is 13.1 Å². The highest BCUT2D eigenvalue weighted by Gasteiger charge is 2.28. The maximum absolute atomic E-state index is 13.3. The number of hydrogen-bond donors (Lipinski definition) is 2. The smallest absolute Gasteiger partial charge is 0.256 e. The molecular weight excluding hydrogens is 462 g/mol. The van der Waals surface area contributed by atoms with Gasteiger partial charge in [0, 0.05) is 42.2 Å². The van der Waals surface area contributed by atoms with Gasteiger partial charge in [-0.1, -0.05) is 43.3 Å². The fraction of sp³-hybridized carbons (Fsp3) is 0.333. The summed E-state index contributed by atoms with van der Waals surface area (Å²) in [6.45, 7) is 5.01. The van der Waals surface area contributed by atoms with Crippen LogP contribution in [0.4, 0.5) is 5.69 Å². The first-order chi connectivity index (χ1) is 16.8. The first-order valence-electron chi connectivity index (χ1n) is 12.0. The SMILES string of the molecule is CCCC(=O)N1CCC(NS(=O)(=O)c2ccc(C(=O)Nc3cccc(C)c3)c3ccccc23)CC1. The van der Waals surface area contributed by atoms with Crippen molar-refractivity contribution in [3.8, 4) is 0 Å². The fourth-order valence-electron chi connectivity index (χ4n) is 4.53. The fourth-order valence-corrected chi connectivity index (χ4v) is 6.04. The summed E-state index contributed by atoms with van der Waals surface area (Å²) in [4.78, 5) is 27.1. The molecule has 0 spiro atoms. The van der Waals surface area contributed by atoms with Crippen LogP contribution in [0.15, 0.2) is 65.6 Å². The Labute approximate surface area is 206 Å². The van der Waals surface area contributed by atoms with Crippen molar-refractivity contribution in [2.75, 3.05) is 18.4 Å². The van der Waals surface area contributed by atoms with E-state index in [2.05, 4.69) is 10.0 Å². The van der Waals surface area contributed by atoms with Crippen molar-refractivity contribution in [1.29, 1.82) is 0 Å². The highest BCUT2D eigenvalue weighted by Crippen LogP contribution is 2.28. The maximum atomic E-state index is 13.3. The van der Waals surface area contributed by atoms with E-state index in [1.807, 2.05) is 43.0 Å². The molecule has 1 aliphatic rings. The number of rotatable bonds is 7. The van der Waals surface area contributed by atoms with E-state index in [1.54, 1.807) is 30.3 Å². The molecule has 0 bridgehead atoms. The van der Waals surface area contributed by atoms with E-state index < -0.39 is 10.0 Å². The molecule has 8 heteroatoms. The second-order valence-corrected chi connectivity index (χ2v) is 10.7. The lowest BCUT2D eigenvalue weighted by molar-refractivity contribution is -0.132. The Morgan fingerprint density at radius 3 is 2.37 bits per heavy atom. The summed E-state index contributed by atoms with van der Waals surface area (Å²) in [5, 5.41) is 3.96. The number of amides is 2. The van der Waals surface area contributed by atoms with Crippen LogP contribution in [0.5, 0.6) is 0 Å². The van der Waals surface area contributed by atoms with E-state index in [9.17, 15) is 18.0 Å². The zero-order chi connectivity index (χ0) is 25.0. The number of sulfonamides is 1. The van der Waals surface area contributed by atoms with Gasteiger partial charge in [-0.3, -0.25) is 9.59 Å². The standard InChI is InChI=1S/C27H31N3O4S/c1-3-7-26(31)30-16-14-20(15-17-30)29-35(33,34)25-13-12-24(22-10-4-5-11-23(22)25)27(32)28-21-9-6-8-19(2)18-21/h4-6,8-13,18,20,29H,3,7,14-17H2,1-2H3,(H,28,32). The highest BCUT2D eigenvalue weighted by atomic mass is 32.2. The lowest BCUT2D eigenvalue weighted by atomic mass is 10.0. The molecule has 184 valence electrons. The van der Waals surface area contributed by atoms with Gasteiger partial charge in [-0.05, 0) is 61.4 Å². The van der Waals surface area contributed by atoms with Crippen molar-refractivity contribution in [2.24, 2.45) is 0 Å². The normalized spacial score (nSPS) is 14.7. The molecule has 1 fully saturated rings. The van der Waals surface area contributed by atoms with Crippen molar-refractivity contribution in [1.82, 2.24) is 9.62 Å². The van der Waals surface area contributed by atoms with Crippen LogP contribution in [0.25, 0.3) is 10.8 Å². The number of aryl methyl sites for hydroxylation is 1. The molecule has 0 aliphatic carbocycles. The molecule has 1 aliphatic heterocycles. The summed E-state index contributed by atoms with van der Waals surface area (Å²) >= 11 is 0. The predicted octanol–water partition coefficient (Wildman–Crippen LogP) is 4.47. The average Bonchev–Trinajstić information content (AvgIpc) is 2.83. The van der Waals surface area contributed by atoms with Crippen molar-refractivity contribution in [2.45, 2.75) is 50.5 Å². The van der Waals surface area contributed by atoms with E-state index in [-0.39, 0.29) is 22.8 Å². The highest BCUT2D eigenvalue weighted by molar-refractivity contribution is 7.89. The van der Waals surface area contributed by atoms with E-state index in [4.69, 9.17) is 0 Å². The Hall–Kier alpha value is -3.23. The number of hydrogen-bond acceptors (Lipinski definition) is 4. The van der Waals surface area contributed by atoms with Gasteiger partial charge in [-0.15, -0.1) is 0 Å². The van der Waals surface area contributed by atoms with E-state index >= 15 is 0 Å². The molecule has 7 nitrogen and oxygen atoms in total. The average molecular weight is 494 g/mol. The molecule has 0 atom stereocenters. The van der Waals surface area contributed by atoms with Gasteiger partial charge in [0.05, 0.1) is 4.90 Å². The Bertz CT molecular complexity index is 1350. The number of carbonyl (C=O) groups excluding carboxylic acids is 2. The Morgan fingerprint density at radius 1 is 0.971 bits per heavy atom. The zero-order valence-corrected chi connectivity index (χ0v) is 20.9. The molecule has 0 radical (unpaired) electrons. The number of benzene rings is 3. The van der Waals surface area contributed by atoms with Gasteiger partial charge in [0.15, 0.2) is 0 Å². The first kappa shape index (κ1) is 24.9. The van der Waals surface area contributed by atoms with Crippen molar-refractivity contribution >= 4 is 38.3 Å². The van der Waals surface area contributed by atoms with Crippen LogP contribution in [-0.2, 0) is 14.8 Å². The summed E-state index contributed by atoms with van der Waals surface area (Å²) < 4.78 is 29.5. The minimum Gasteiger partial charge on any atom is -0.343 e. The van der Waals surface area contributed by atoms with Crippen LogP contribution in [0.3, 0.4) is 0 Å². The number of carbonyl (C=O) groups is 2. The lowest BCUT2D eigenvalue weighted by Gasteiger charge is -2.32. The number of nitrogens with zero attached hydrogens (tertiary/aromatic N) is 1. The minimum atomic E-state index is -3.83. The van der Waals surface area contributed by atoms with E-state index in [0.29, 0.717) is 54.4 Å². The summed E-state index contributed by atoms with van der Waals surface area (Å²) in [7, 11) is -3.83. The predicted molar refractivity (Wildman–Crippen MR) is 138 cm³/mol. The van der Waals surface area contributed by atoms with Crippen LogP contribution >= 0.6 is 0 Å². The number of likely N-dealkylation sites (tertiary alicyclic amines) is 1. The number of piperidine rings is 1. The molecule has 3 aromatic carbocycles. The molecule has 0 aromatic heterocycles. The van der Waals surface area contributed by atoms with Gasteiger partial charge >= 0.3 is 0 Å². The topological polar surface area (TPSA) is 95.6 Å². The molecule has 1 saturated heterocycles. The molecule has 0 unspecified atom stereocenters. The van der Waals surface area contributed by atoms with Gasteiger partial charge in [0.25, 0.3) is 5.91 Å². The lowest BCUT2D eigenvalue weighted by Crippen LogP contribution is -2.46. The molecule has 35 heavy (non-hydrogen) atoms. The molecule has 1 heterocycles. The molecule has 2 amide bonds. The largest absolute Gasteiger partial charge is 0.343 e. The zero-order valence-electron chi connectivity index (χ0n) is 20.1. The molecular formula is C27H31N3O4S. The summed E-state index contributed by atoms with van der Waals surface area (Å²) in [5.41, 5.74) is 2.12. The first-order valence-corrected chi connectivity index (χ1v) is 13.5. The maximum Gasteiger partial charge on any atom is 0.256 e. The summed E-state index contributed by atoms with van der Waals surface area (Å²) in [6, 6.07) is 17.4. The second kappa shape index (κ2) is 10.6. The van der Waals surface area contributed by atoms with Crippen LogP contribution in [0.2, 0.25) is 0 Å². The Balaban J connectivity index is 1.55. The second-order valence-electron chi connectivity index (χ2n) is 9.01. The van der Waals surface area contributed by atoms with Crippen LogP contribution in [0.1, 0.15) is 48.5 Å². The Kier molecular flexibility index (Phi) is 7.52. The van der Waals surface area contributed by atoms with Gasteiger partial charge in [-0.2, -0.15) is 0 Å². The molecule has 0 saturated carbocycles. The molecule has 4 rings (SSSR count). The quantitative estimate of drug-likeness (QED) is 0.508. The third kappa shape index (κ3) is 5.71. The van der Waals surface area contributed by atoms with E-state index in [0.717, 1.165) is 12.0 Å². The Morgan fingerprint density at radius 2 is 1.69 bits per heavy atom.